The highest BCUT2D eigenvalue weighted by molar-refractivity contribution is 7.90. The number of carbonyl (C=O) groups excluding carboxylic acids is 2. The van der Waals surface area contributed by atoms with Gasteiger partial charge in [0.1, 0.15) is 0 Å². The van der Waals surface area contributed by atoms with E-state index in [-0.39, 0.29) is 16.7 Å². The molecule has 1 aliphatic rings. The Balaban J connectivity index is 1.94. The summed E-state index contributed by atoms with van der Waals surface area (Å²) in [6.07, 6.45) is 2.67. The zero-order chi connectivity index (χ0) is 18.9. The zero-order valence-electron chi connectivity index (χ0n) is 14.7. The van der Waals surface area contributed by atoms with E-state index >= 15 is 0 Å². The fourth-order valence-electron chi connectivity index (χ4n) is 3.10. The Hall–Kier alpha value is -2.67. The molecule has 0 radical (unpaired) electrons. The highest BCUT2D eigenvalue weighted by Gasteiger charge is 2.25. The van der Waals surface area contributed by atoms with Gasteiger partial charge in [-0.25, -0.2) is 8.42 Å². The van der Waals surface area contributed by atoms with Crippen LogP contribution in [0.4, 0.5) is 11.4 Å². The van der Waals surface area contributed by atoms with E-state index in [4.69, 9.17) is 0 Å². The van der Waals surface area contributed by atoms with Crippen LogP contribution in [0.1, 0.15) is 29.3 Å². The summed E-state index contributed by atoms with van der Waals surface area (Å²) in [6, 6.07) is 11.7. The van der Waals surface area contributed by atoms with Gasteiger partial charge in [-0.05, 0) is 54.8 Å². The summed E-state index contributed by atoms with van der Waals surface area (Å²) in [6.45, 7) is 1.98. The van der Waals surface area contributed by atoms with Crippen LogP contribution >= 0.6 is 0 Å². The Bertz CT molecular complexity index is 983. The number of benzene rings is 2. The van der Waals surface area contributed by atoms with Gasteiger partial charge in [-0.1, -0.05) is 6.07 Å². The maximum absolute atomic E-state index is 13.0. The molecule has 7 heteroatoms. The summed E-state index contributed by atoms with van der Waals surface area (Å²) in [5, 5.41) is 2.67. The van der Waals surface area contributed by atoms with Crippen molar-refractivity contribution in [3.05, 3.63) is 53.6 Å². The van der Waals surface area contributed by atoms with Crippen molar-refractivity contribution < 1.29 is 18.0 Å². The fourth-order valence-corrected chi connectivity index (χ4v) is 3.78. The summed E-state index contributed by atoms with van der Waals surface area (Å²) >= 11 is 0. The molecule has 0 atom stereocenters. The molecule has 2 aromatic rings. The minimum absolute atomic E-state index is 0.176. The fraction of sp³-hybridized carbons (Fsp3) is 0.263. The van der Waals surface area contributed by atoms with Crippen molar-refractivity contribution in [2.45, 2.75) is 24.7 Å². The number of rotatable bonds is 3. The maximum atomic E-state index is 13.0. The van der Waals surface area contributed by atoms with Crippen LogP contribution in [0.3, 0.4) is 0 Å². The van der Waals surface area contributed by atoms with E-state index in [1.54, 1.807) is 41.3 Å². The number of nitrogens with one attached hydrogen (secondary N) is 1. The number of hydrogen-bond donors (Lipinski definition) is 1. The van der Waals surface area contributed by atoms with Gasteiger partial charge in [0.2, 0.25) is 5.91 Å². The Morgan fingerprint density at radius 2 is 1.88 bits per heavy atom. The molecule has 1 aliphatic heterocycles. The van der Waals surface area contributed by atoms with E-state index in [0.717, 1.165) is 24.1 Å². The van der Waals surface area contributed by atoms with Crippen LogP contribution in [0.2, 0.25) is 0 Å². The molecule has 3 rings (SSSR count). The number of anilines is 2. The van der Waals surface area contributed by atoms with Crippen LogP contribution in [0.25, 0.3) is 0 Å². The van der Waals surface area contributed by atoms with Crippen molar-refractivity contribution in [3.63, 3.8) is 0 Å². The summed E-state index contributed by atoms with van der Waals surface area (Å²) in [5.74, 6) is -0.378. The second-order valence-corrected chi connectivity index (χ2v) is 8.40. The second-order valence-electron chi connectivity index (χ2n) is 6.39. The molecule has 2 amide bonds. The minimum Gasteiger partial charge on any atom is -0.326 e. The first-order chi connectivity index (χ1) is 12.3. The molecule has 0 unspecified atom stereocenters. The molecule has 2 aromatic carbocycles. The number of sulfone groups is 1. The lowest BCUT2D eigenvalue weighted by Gasteiger charge is -2.30. The third-order valence-electron chi connectivity index (χ3n) is 4.27. The largest absolute Gasteiger partial charge is 0.326 e. The zero-order valence-corrected chi connectivity index (χ0v) is 15.5. The molecule has 1 N–H and O–H groups in total. The number of fused-ring (bicyclic) bond motifs is 1. The smallest absolute Gasteiger partial charge is 0.258 e. The van der Waals surface area contributed by atoms with E-state index in [1.807, 2.05) is 0 Å². The Kier molecular flexibility index (Phi) is 4.82. The average molecular weight is 372 g/mol. The molecule has 1 heterocycles. The number of amides is 2. The van der Waals surface area contributed by atoms with Crippen molar-refractivity contribution >= 4 is 33.0 Å². The van der Waals surface area contributed by atoms with Crippen molar-refractivity contribution in [2.24, 2.45) is 0 Å². The summed E-state index contributed by atoms with van der Waals surface area (Å²) in [4.78, 5) is 26.1. The first kappa shape index (κ1) is 18.1. The lowest BCUT2D eigenvalue weighted by molar-refractivity contribution is -0.114. The topological polar surface area (TPSA) is 83.6 Å². The van der Waals surface area contributed by atoms with Gasteiger partial charge in [-0.3, -0.25) is 9.59 Å². The molecule has 0 spiro atoms. The van der Waals surface area contributed by atoms with Crippen LogP contribution in [0, 0.1) is 0 Å². The molecule has 136 valence electrons. The molecule has 0 fully saturated rings. The first-order valence-corrected chi connectivity index (χ1v) is 10.2. The van der Waals surface area contributed by atoms with E-state index in [0.29, 0.717) is 17.8 Å². The molecule has 0 aromatic heterocycles. The highest BCUT2D eigenvalue weighted by atomic mass is 32.2. The van der Waals surface area contributed by atoms with Gasteiger partial charge in [-0.15, -0.1) is 0 Å². The predicted octanol–water partition coefficient (Wildman–Crippen LogP) is 2.64. The highest BCUT2D eigenvalue weighted by Crippen LogP contribution is 2.31. The Morgan fingerprint density at radius 1 is 1.12 bits per heavy atom. The van der Waals surface area contributed by atoms with E-state index in [1.165, 1.54) is 19.2 Å². The van der Waals surface area contributed by atoms with Crippen molar-refractivity contribution in [1.82, 2.24) is 0 Å². The number of nitrogens with zero attached hydrogens (tertiary/aromatic N) is 1. The van der Waals surface area contributed by atoms with Crippen LogP contribution in [0.5, 0.6) is 0 Å². The molecule has 26 heavy (non-hydrogen) atoms. The quantitative estimate of drug-likeness (QED) is 0.898. The standard InChI is InChI=1S/C19H20N2O4S/c1-13(22)20-16-7-3-5-15(11-16)19(23)21-10-4-6-14-12-17(26(2,24)25)8-9-18(14)21/h3,5,7-9,11-12H,4,6,10H2,1-2H3,(H,20,22). The normalized spacial score (nSPS) is 13.8. The minimum atomic E-state index is -3.29. The SMILES string of the molecule is CC(=O)Nc1cccc(C(=O)N2CCCc3cc(S(C)(=O)=O)ccc32)c1. The molecule has 0 saturated heterocycles. The summed E-state index contributed by atoms with van der Waals surface area (Å²) < 4.78 is 23.5. The monoisotopic (exact) mass is 372 g/mol. The molecular formula is C19H20N2O4S. The van der Waals surface area contributed by atoms with E-state index in [9.17, 15) is 18.0 Å². The summed E-state index contributed by atoms with van der Waals surface area (Å²) in [5.41, 5.74) is 2.62. The van der Waals surface area contributed by atoms with Gasteiger partial charge in [0.25, 0.3) is 5.91 Å². The van der Waals surface area contributed by atoms with Crippen molar-refractivity contribution in [3.8, 4) is 0 Å². The van der Waals surface area contributed by atoms with Gasteiger partial charge >= 0.3 is 0 Å². The number of aryl methyl sites for hydroxylation is 1. The van der Waals surface area contributed by atoms with Crippen molar-refractivity contribution in [2.75, 3.05) is 23.0 Å². The van der Waals surface area contributed by atoms with E-state index < -0.39 is 9.84 Å². The Morgan fingerprint density at radius 3 is 2.58 bits per heavy atom. The molecule has 0 saturated carbocycles. The van der Waals surface area contributed by atoms with E-state index in [2.05, 4.69) is 5.32 Å². The van der Waals surface area contributed by atoms with Gasteiger partial charge in [0.15, 0.2) is 9.84 Å². The Labute approximate surface area is 152 Å². The van der Waals surface area contributed by atoms with Gasteiger partial charge < -0.3 is 10.2 Å². The molecule has 6 nitrogen and oxygen atoms in total. The summed E-state index contributed by atoms with van der Waals surface area (Å²) in [7, 11) is -3.29. The number of carbonyl (C=O) groups is 2. The number of hydrogen-bond acceptors (Lipinski definition) is 4. The van der Waals surface area contributed by atoms with Crippen LogP contribution in [0.15, 0.2) is 47.4 Å². The van der Waals surface area contributed by atoms with Crippen molar-refractivity contribution in [1.29, 1.82) is 0 Å². The average Bonchev–Trinajstić information content (AvgIpc) is 2.59. The molecule has 0 bridgehead atoms. The third-order valence-corrected chi connectivity index (χ3v) is 5.38. The third kappa shape index (κ3) is 3.77. The lowest BCUT2D eigenvalue weighted by atomic mass is 10.0. The molecule has 0 aliphatic carbocycles. The van der Waals surface area contributed by atoms with Gasteiger partial charge in [-0.2, -0.15) is 0 Å². The first-order valence-electron chi connectivity index (χ1n) is 8.28. The second kappa shape index (κ2) is 6.92. The van der Waals surface area contributed by atoms with Crippen LogP contribution in [-0.2, 0) is 21.1 Å². The van der Waals surface area contributed by atoms with Crippen LogP contribution in [-0.4, -0.2) is 33.0 Å². The molecular weight excluding hydrogens is 352 g/mol. The lowest BCUT2D eigenvalue weighted by Crippen LogP contribution is -2.35. The van der Waals surface area contributed by atoms with Crippen LogP contribution < -0.4 is 10.2 Å². The maximum Gasteiger partial charge on any atom is 0.258 e. The predicted molar refractivity (Wildman–Crippen MR) is 100 cm³/mol. The van der Waals surface area contributed by atoms with Gasteiger partial charge in [0, 0.05) is 36.7 Å². The van der Waals surface area contributed by atoms with Gasteiger partial charge in [0.05, 0.1) is 4.90 Å².